The Morgan fingerprint density at radius 3 is 2.62 bits per heavy atom. The molecule has 0 bridgehead atoms. The van der Waals surface area contributed by atoms with Crippen LogP contribution >= 0.6 is 0 Å². The molecular formula is C17H22N4. The minimum atomic E-state index is 0.737. The molecule has 0 radical (unpaired) electrons. The molecule has 1 aliphatic rings. The quantitative estimate of drug-likeness (QED) is 0.848. The Bertz CT molecular complexity index is 566. The Morgan fingerprint density at radius 1 is 1.14 bits per heavy atom. The molecule has 0 aliphatic heterocycles. The van der Waals surface area contributed by atoms with Crippen molar-refractivity contribution in [3.05, 3.63) is 54.0 Å². The summed E-state index contributed by atoms with van der Waals surface area (Å²) in [6.07, 6.45) is 8.23. The Kier molecular flexibility index (Phi) is 4.46. The lowest BCUT2D eigenvalue weighted by atomic mass is 10.2. The fourth-order valence-electron chi connectivity index (χ4n) is 2.36. The summed E-state index contributed by atoms with van der Waals surface area (Å²) in [5.74, 6) is 1.05. The maximum atomic E-state index is 4.53. The lowest BCUT2D eigenvalue weighted by Gasteiger charge is -2.22. The zero-order chi connectivity index (χ0) is 14.5. The maximum absolute atomic E-state index is 4.53. The molecule has 3 rings (SSSR count). The molecule has 21 heavy (non-hydrogen) atoms. The monoisotopic (exact) mass is 282 g/mol. The molecule has 0 spiro atoms. The number of pyridine rings is 2. The van der Waals surface area contributed by atoms with Gasteiger partial charge in [0.25, 0.3) is 0 Å². The summed E-state index contributed by atoms with van der Waals surface area (Å²) >= 11 is 0. The first-order valence-corrected chi connectivity index (χ1v) is 7.67. The van der Waals surface area contributed by atoms with Crippen LogP contribution in [-0.4, -0.2) is 22.6 Å². The topological polar surface area (TPSA) is 41.1 Å². The van der Waals surface area contributed by atoms with Crippen LogP contribution in [0.5, 0.6) is 0 Å². The minimum absolute atomic E-state index is 0.737. The van der Waals surface area contributed by atoms with Crippen LogP contribution in [0, 0.1) is 0 Å². The van der Waals surface area contributed by atoms with Crippen LogP contribution in [0.3, 0.4) is 0 Å². The summed E-state index contributed by atoms with van der Waals surface area (Å²) in [6, 6.07) is 9.14. The summed E-state index contributed by atoms with van der Waals surface area (Å²) in [7, 11) is 0. The number of aromatic nitrogens is 2. The molecule has 1 aliphatic carbocycles. The van der Waals surface area contributed by atoms with E-state index in [4.69, 9.17) is 0 Å². The number of anilines is 1. The molecule has 1 N–H and O–H groups in total. The first kappa shape index (κ1) is 14.0. The number of nitrogens with zero attached hydrogens (tertiary/aromatic N) is 3. The van der Waals surface area contributed by atoms with Crippen molar-refractivity contribution < 1.29 is 0 Å². The van der Waals surface area contributed by atoms with Gasteiger partial charge >= 0.3 is 0 Å². The van der Waals surface area contributed by atoms with Gasteiger partial charge in [0, 0.05) is 44.3 Å². The highest BCUT2D eigenvalue weighted by molar-refractivity contribution is 5.41. The summed E-state index contributed by atoms with van der Waals surface area (Å²) in [5, 5.41) is 3.55. The number of rotatable bonds is 7. The summed E-state index contributed by atoms with van der Waals surface area (Å²) in [4.78, 5) is 10.9. The molecule has 4 nitrogen and oxygen atoms in total. The van der Waals surface area contributed by atoms with Crippen molar-refractivity contribution >= 4 is 5.82 Å². The molecule has 0 unspecified atom stereocenters. The second-order valence-electron chi connectivity index (χ2n) is 5.55. The van der Waals surface area contributed by atoms with Gasteiger partial charge in [-0.3, -0.25) is 4.98 Å². The Balaban J connectivity index is 1.68. The van der Waals surface area contributed by atoms with Gasteiger partial charge in [-0.25, -0.2) is 4.98 Å². The van der Waals surface area contributed by atoms with Gasteiger partial charge in [0.15, 0.2) is 0 Å². The molecule has 4 heteroatoms. The van der Waals surface area contributed by atoms with E-state index in [2.05, 4.69) is 51.4 Å². The molecule has 0 atom stereocenters. The van der Waals surface area contributed by atoms with E-state index in [1.807, 2.05) is 18.6 Å². The van der Waals surface area contributed by atoms with Gasteiger partial charge in [-0.1, -0.05) is 0 Å². The number of nitrogens with one attached hydrogen (secondary N) is 1. The van der Waals surface area contributed by atoms with Gasteiger partial charge in [-0.2, -0.15) is 0 Å². The smallest absolute Gasteiger partial charge is 0.129 e. The SMILES string of the molecule is CCN(Cc1ccncc1)c1cc(CNC2CC2)ccn1. The summed E-state index contributed by atoms with van der Waals surface area (Å²) in [6.45, 7) is 4.91. The molecule has 1 saturated carbocycles. The van der Waals surface area contributed by atoms with Gasteiger partial charge in [0.2, 0.25) is 0 Å². The van der Waals surface area contributed by atoms with Crippen molar-refractivity contribution in [3.63, 3.8) is 0 Å². The molecule has 110 valence electrons. The average Bonchev–Trinajstić information content (AvgIpc) is 3.36. The summed E-state index contributed by atoms with van der Waals surface area (Å²) in [5.41, 5.74) is 2.57. The normalized spacial score (nSPS) is 14.1. The predicted molar refractivity (Wildman–Crippen MR) is 85.1 cm³/mol. The van der Waals surface area contributed by atoms with E-state index in [1.54, 1.807) is 0 Å². The van der Waals surface area contributed by atoms with Crippen LogP contribution in [0.1, 0.15) is 30.9 Å². The predicted octanol–water partition coefficient (Wildman–Crippen LogP) is 2.76. The Hall–Kier alpha value is -1.94. The molecule has 1 fully saturated rings. The first-order valence-electron chi connectivity index (χ1n) is 7.67. The van der Waals surface area contributed by atoms with Crippen molar-refractivity contribution in [2.75, 3.05) is 11.4 Å². The van der Waals surface area contributed by atoms with Crippen LogP contribution in [0.15, 0.2) is 42.9 Å². The van der Waals surface area contributed by atoms with Gasteiger partial charge in [0.05, 0.1) is 0 Å². The molecule has 2 aromatic rings. The third-order valence-electron chi connectivity index (χ3n) is 3.81. The lowest BCUT2D eigenvalue weighted by molar-refractivity contribution is 0.686. The fraction of sp³-hybridized carbons (Fsp3) is 0.412. The largest absolute Gasteiger partial charge is 0.353 e. The van der Waals surface area contributed by atoms with E-state index >= 15 is 0 Å². The lowest BCUT2D eigenvalue weighted by Crippen LogP contribution is -2.23. The Morgan fingerprint density at radius 2 is 1.90 bits per heavy atom. The van der Waals surface area contributed by atoms with Crippen LogP contribution in [0.2, 0.25) is 0 Å². The van der Waals surface area contributed by atoms with Crippen molar-refractivity contribution in [1.82, 2.24) is 15.3 Å². The molecular weight excluding hydrogens is 260 g/mol. The van der Waals surface area contributed by atoms with E-state index in [0.717, 1.165) is 31.5 Å². The fourth-order valence-corrected chi connectivity index (χ4v) is 2.36. The van der Waals surface area contributed by atoms with E-state index in [-0.39, 0.29) is 0 Å². The second kappa shape index (κ2) is 6.68. The van der Waals surface area contributed by atoms with Crippen LogP contribution in [0.25, 0.3) is 0 Å². The highest BCUT2D eigenvalue weighted by Crippen LogP contribution is 2.20. The second-order valence-corrected chi connectivity index (χ2v) is 5.55. The highest BCUT2D eigenvalue weighted by atomic mass is 15.2. The maximum Gasteiger partial charge on any atom is 0.129 e. The zero-order valence-corrected chi connectivity index (χ0v) is 12.5. The molecule has 2 heterocycles. The van der Waals surface area contributed by atoms with Gasteiger partial charge < -0.3 is 10.2 Å². The van der Waals surface area contributed by atoms with Crippen molar-refractivity contribution in [2.45, 2.75) is 38.9 Å². The van der Waals surface area contributed by atoms with Crippen molar-refractivity contribution in [1.29, 1.82) is 0 Å². The standard InChI is InChI=1S/C17H22N4/c1-2-21(13-14-5-8-18-9-6-14)17-11-15(7-10-19-17)12-20-16-3-4-16/h5-11,16,20H,2-4,12-13H2,1H3. The van der Waals surface area contributed by atoms with E-state index < -0.39 is 0 Å². The van der Waals surface area contributed by atoms with Crippen LogP contribution in [-0.2, 0) is 13.1 Å². The van der Waals surface area contributed by atoms with E-state index in [1.165, 1.54) is 24.0 Å². The summed E-state index contributed by atoms with van der Waals surface area (Å²) < 4.78 is 0. The van der Waals surface area contributed by atoms with Crippen molar-refractivity contribution in [2.24, 2.45) is 0 Å². The third kappa shape index (κ3) is 4.02. The molecule has 2 aromatic heterocycles. The van der Waals surface area contributed by atoms with Gasteiger partial charge in [-0.15, -0.1) is 0 Å². The third-order valence-corrected chi connectivity index (χ3v) is 3.81. The zero-order valence-electron chi connectivity index (χ0n) is 12.5. The van der Waals surface area contributed by atoms with Crippen LogP contribution in [0.4, 0.5) is 5.82 Å². The number of hydrogen-bond acceptors (Lipinski definition) is 4. The highest BCUT2D eigenvalue weighted by Gasteiger charge is 2.20. The van der Waals surface area contributed by atoms with Gasteiger partial charge in [0.1, 0.15) is 5.82 Å². The molecule has 0 aromatic carbocycles. The number of hydrogen-bond donors (Lipinski definition) is 1. The van der Waals surface area contributed by atoms with Gasteiger partial charge in [-0.05, 0) is 55.2 Å². The first-order chi connectivity index (χ1) is 10.3. The minimum Gasteiger partial charge on any atom is -0.353 e. The van der Waals surface area contributed by atoms with E-state index in [9.17, 15) is 0 Å². The molecule has 0 saturated heterocycles. The molecule has 0 amide bonds. The average molecular weight is 282 g/mol. The van der Waals surface area contributed by atoms with E-state index in [0.29, 0.717) is 0 Å². The Labute approximate surface area is 126 Å². The van der Waals surface area contributed by atoms with Crippen molar-refractivity contribution in [3.8, 4) is 0 Å². The van der Waals surface area contributed by atoms with Crippen LogP contribution < -0.4 is 10.2 Å².